The van der Waals surface area contributed by atoms with Gasteiger partial charge in [0.2, 0.25) is 0 Å². The SMILES string of the molecule is CCCCC1CCC(c2onc(N)c2Br)CC1. The summed E-state index contributed by atoms with van der Waals surface area (Å²) in [5.74, 6) is 2.86. The smallest absolute Gasteiger partial charge is 0.181 e. The molecule has 2 rings (SSSR count). The average molecular weight is 301 g/mol. The van der Waals surface area contributed by atoms with Crippen molar-refractivity contribution in [3.63, 3.8) is 0 Å². The summed E-state index contributed by atoms with van der Waals surface area (Å²) in [6.07, 6.45) is 9.12. The standard InChI is InChI=1S/C13H21BrN2O/c1-2-3-4-9-5-7-10(8-6-9)12-11(14)13(15)16-17-12/h9-10H,2-8H2,1H3,(H2,15,16). The maximum Gasteiger partial charge on any atom is 0.181 e. The molecule has 96 valence electrons. The van der Waals surface area contributed by atoms with Crippen molar-refractivity contribution in [2.45, 2.75) is 57.8 Å². The zero-order chi connectivity index (χ0) is 12.3. The summed E-state index contributed by atoms with van der Waals surface area (Å²) < 4.78 is 6.20. The maximum absolute atomic E-state index is 5.69. The molecule has 0 radical (unpaired) electrons. The van der Waals surface area contributed by atoms with Crippen molar-refractivity contribution in [1.82, 2.24) is 5.16 Å². The van der Waals surface area contributed by atoms with Crippen LogP contribution in [0.3, 0.4) is 0 Å². The fourth-order valence-corrected chi connectivity index (χ4v) is 3.23. The Morgan fingerprint density at radius 2 is 2.06 bits per heavy atom. The summed E-state index contributed by atoms with van der Waals surface area (Å²) in [4.78, 5) is 0. The van der Waals surface area contributed by atoms with Gasteiger partial charge in [-0.2, -0.15) is 0 Å². The van der Waals surface area contributed by atoms with Gasteiger partial charge in [0.15, 0.2) is 11.6 Å². The number of halogens is 1. The van der Waals surface area contributed by atoms with Crippen molar-refractivity contribution in [2.24, 2.45) is 5.92 Å². The van der Waals surface area contributed by atoms with E-state index in [4.69, 9.17) is 10.3 Å². The predicted molar refractivity (Wildman–Crippen MR) is 72.8 cm³/mol. The van der Waals surface area contributed by atoms with Crippen LogP contribution in [0.15, 0.2) is 9.00 Å². The fraction of sp³-hybridized carbons (Fsp3) is 0.769. The van der Waals surface area contributed by atoms with E-state index in [0.29, 0.717) is 11.7 Å². The van der Waals surface area contributed by atoms with E-state index in [1.807, 2.05) is 0 Å². The number of nitrogens with zero attached hydrogens (tertiary/aromatic N) is 1. The van der Waals surface area contributed by atoms with E-state index in [2.05, 4.69) is 28.0 Å². The quantitative estimate of drug-likeness (QED) is 0.891. The molecular weight excluding hydrogens is 280 g/mol. The third-order valence-electron chi connectivity index (χ3n) is 3.87. The lowest BCUT2D eigenvalue weighted by Crippen LogP contribution is -2.13. The molecule has 1 aromatic rings. The van der Waals surface area contributed by atoms with Crippen LogP contribution in [-0.2, 0) is 0 Å². The molecule has 2 N–H and O–H groups in total. The molecule has 0 spiro atoms. The lowest BCUT2D eigenvalue weighted by Gasteiger charge is -2.27. The number of unbranched alkanes of at least 4 members (excludes halogenated alkanes) is 1. The highest BCUT2D eigenvalue weighted by atomic mass is 79.9. The lowest BCUT2D eigenvalue weighted by molar-refractivity contribution is 0.265. The third-order valence-corrected chi connectivity index (χ3v) is 4.66. The number of nitrogen functional groups attached to an aromatic ring is 1. The van der Waals surface area contributed by atoms with E-state index < -0.39 is 0 Å². The Morgan fingerprint density at radius 1 is 1.35 bits per heavy atom. The number of nitrogens with two attached hydrogens (primary N) is 1. The summed E-state index contributed by atoms with van der Waals surface area (Å²) in [6, 6.07) is 0. The lowest BCUT2D eigenvalue weighted by atomic mass is 9.79. The number of anilines is 1. The van der Waals surface area contributed by atoms with Crippen LogP contribution in [0.1, 0.15) is 63.5 Å². The van der Waals surface area contributed by atoms with Crippen molar-refractivity contribution in [3.05, 3.63) is 10.2 Å². The van der Waals surface area contributed by atoms with Crippen LogP contribution in [0.5, 0.6) is 0 Å². The molecular formula is C13H21BrN2O. The predicted octanol–water partition coefficient (Wildman–Crippen LogP) is 4.48. The zero-order valence-electron chi connectivity index (χ0n) is 10.4. The molecule has 0 aliphatic heterocycles. The molecule has 1 aromatic heterocycles. The molecule has 1 heterocycles. The molecule has 0 atom stereocenters. The van der Waals surface area contributed by atoms with Crippen molar-refractivity contribution in [3.8, 4) is 0 Å². The van der Waals surface area contributed by atoms with Gasteiger partial charge >= 0.3 is 0 Å². The third kappa shape index (κ3) is 3.03. The minimum atomic E-state index is 0.480. The molecule has 0 aromatic carbocycles. The number of rotatable bonds is 4. The van der Waals surface area contributed by atoms with Gasteiger partial charge in [0.1, 0.15) is 4.47 Å². The first-order chi connectivity index (χ1) is 8.22. The molecule has 0 unspecified atom stereocenters. The fourth-order valence-electron chi connectivity index (χ4n) is 2.76. The van der Waals surface area contributed by atoms with E-state index >= 15 is 0 Å². The van der Waals surface area contributed by atoms with Crippen molar-refractivity contribution >= 4 is 21.7 Å². The summed E-state index contributed by atoms with van der Waals surface area (Å²) in [5.41, 5.74) is 5.69. The first-order valence-corrected chi connectivity index (χ1v) is 7.42. The minimum Gasteiger partial charge on any atom is -0.380 e. The number of hydrogen-bond acceptors (Lipinski definition) is 3. The van der Waals surface area contributed by atoms with Gasteiger partial charge < -0.3 is 10.3 Å². The summed E-state index contributed by atoms with van der Waals surface area (Å²) >= 11 is 3.46. The highest BCUT2D eigenvalue weighted by Gasteiger charge is 2.27. The number of hydrogen-bond donors (Lipinski definition) is 1. The second kappa shape index (κ2) is 5.89. The maximum atomic E-state index is 5.69. The van der Waals surface area contributed by atoms with E-state index in [9.17, 15) is 0 Å². The summed E-state index contributed by atoms with van der Waals surface area (Å²) in [7, 11) is 0. The molecule has 17 heavy (non-hydrogen) atoms. The van der Waals surface area contributed by atoms with Crippen LogP contribution in [0.4, 0.5) is 5.82 Å². The monoisotopic (exact) mass is 300 g/mol. The van der Waals surface area contributed by atoms with Gasteiger partial charge in [0.05, 0.1) is 0 Å². The van der Waals surface area contributed by atoms with Gasteiger partial charge in [-0.3, -0.25) is 0 Å². The van der Waals surface area contributed by atoms with Gasteiger partial charge in [0, 0.05) is 5.92 Å². The van der Waals surface area contributed by atoms with Gasteiger partial charge in [-0.05, 0) is 47.5 Å². The zero-order valence-corrected chi connectivity index (χ0v) is 12.0. The van der Waals surface area contributed by atoms with Crippen LogP contribution in [0, 0.1) is 5.92 Å². The van der Waals surface area contributed by atoms with Gasteiger partial charge in [0.25, 0.3) is 0 Å². The molecule has 1 aliphatic carbocycles. The van der Waals surface area contributed by atoms with Crippen LogP contribution >= 0.6 is 15.9 Å². The van der Waals surface area contributed by atoms with Crippen molar-refractivity contribution in [2.75, 3.05) is 5.73 Å². The van der Waals surface area contributed by atoms with E-state index in [0.717, 1.165) is 16.2 Å². The molecule has 0 bridgehead atoms. The van der Waals surface area contributed by atoms with Gasteiger partial charge in [-0.1, -0.05) is 31.3 Å². The number of aromatic nitrogens is 1. The van der Waals surface area contributed by atoms with E-state index in [-0.39, 0.29) is 0 Å². The Bertz CT molecular complexity index is 356. The second-order valence-electron chi connectivity index (χ2n) is 5.11. The Kier molecular flexibility index (Phi) is 4.48. The van der Waals surface area contributed by atoms with Gasteiger partial charge in [-0.25, -0.2) is 0 Å². The molecule has 4 heteroatoms. The molecule has 3 nitrogen and oxygen atoms in total. The second-order valence-corrected chi connectivity index (χ2v) is 5.90. The molecule has 1 aliphatic rings. The van der Waals surface area contributed by atoms with Crippen LogP contribution in [0.2, 0.25) is 0 Å². The Morgan fingerprint density at radius 3 is 2.59 bits per heavy atom. The highest BCUT2D eigenvalue weighted by molar-refractivity contribution is 9.10. The first kappa shape index (κ1) is 12.9. The summed E-state index contributed by atoms with van der Waals surface area (Å²) in [6.45, 7) is 2.26. The van der Waals surface area contributed by atoms with E-state index in [1.54, 1.807) is 0 Å². The molecule has 1 fully saturated rings. The Balaban J connectivity index is 1.89. The Labute approximate surface area is 111 Å². The van der Waals surface area contributed by atoms with Crippen molar-refractivity contribution < 1.29 is 4.52 Å². The van der Waals surface area contributed by atoms with Crippen molar-refractivity contribution in [1.29, 1.82) is 0 Å². The summed E-state index contributed by atoms with van der Waals surface area (Å²) in [5, 5.41) is 3.82. The van der Waals surface area contributed by atoms with E-state index in [1.165, 1.54) is 44.9 Å². The van der Waals surface area contributed by atoms with Gasteiger partial charge in [-0.15, -0.1) is 0 Å². The van der Waals surface area contributed by atoms with Crippen LogP contribution in [0.25, 0.3) is 0 Å². The van der Waals surface area contributed by atoms with Crippen LogP contribution < -0.4 is 5.73 Å². The largest absolute Gasteiger partial charge is 0.380 e. The molecule has 0 saturated heterocycles. The minimum absolute atomic E-state index is 0.480. The Hall–Kier alpha value is -0.510. The van der Waals surface area contributed by atoms with Crippen LogP contribution in [-0.4, -0.2) is 5.16 Å². The topological polar surface area (TPSA) is 52.0 Å². The molecule has 1 saturated carbocycles. The first-order valence-electron chi connectivity index (χ1n) is 6.62. The molecule has 0 amide bonds. The normalized spacial score (nSPS) is 25.1. The average Bonchev–Trinajstić information content (AvgIpc) is 2.68. The highest BCUT2D eigenvalue weighted by Crippen LogP contribution is 2.41.